The quantitative estimate of drug-likeness (QED) is 0.379. The molecule has 0 bridgehead atoms. The molecule has 2 aromatic carbocycles. The zero-order valence-corrected chi connectivity index (χ0v) is 21.7. The Kier molecular flexibility index (Phi) is 10.8. The Labute approximate surface area is 221 Å². The number of hydrogen-bond donors (Lipinski definition) is 2. The van der Waals surface area contributed by atoms with Crippen LogP contribution in [-0.2, 0) is 14.4 Å². The Hall–Kier alpha value is -2.36. The summed E-state index contributed by atoms with van der Waals surface area (Å²) >= 11 is 12.0. The van der Waals surface area contributed by atoms with Gasteiger partial charge in [-0.2, -0.15) is 5.06 Å². The summed E-state index contributed by atoms with van der Waals surface area (Å²) in [4.78, 5) is 31.7. The molecule has 36 heavy (non-hydrogen) atoms. The van der Waals surface area contributed by atoms with Crippen LogP contribution in [0.15, 0.2) is 48.5 Å². The summed E-state index contributed by atoms with van der Waals surface area (Å²) in [7, 11) is 0. The van der Waals surface area contributed by atoms with Gasteiger partial charge in [-0.15, -0.1) is 0 Å². The molecule has 2 aromatic rings. The Morgan fingerprint density at radius 1 is 1.08 bits per heavy atom. The minimum absolute atomic E-state index is 0.0175. The number of amides is 1. The van der Waals surface area contributed by atoms with Crippen molar-refractivity contribution in [1.29, 1.82) is 0 Å². The van der Waals surface area contributed by atoms with Crippen LogP contribution in [0.3, 0.4) is 0 Å². The number of carboxylic acids is 1. The van der Waals surface area contributed by atoms with E-state index in [9.17, 15) is 14.7 Å². The lowest BCUT2D eigenvalue weighted by Gasteiger charge is -2.33. The molecule has 2 atom stereocenters. The maximum absolute atomic E-state index is 12.9. The van der Waals surface area contributed by atoms with E-state index in [4.69, 9.17) is 37.9 Å². The van der Waals surface area contributed by atoms with E-state index in [-0.39, 0.29) is 37.4 Å². The Morgan fingerprint density at radius 3 is 2.42 bits per heavy atom. The Balaban J connectivity index is 1.47. The number of likely N-dealkylation sites (tertiary alicyclic amines) is 1. The number of anilines is 1. The van der Waals surface area contributed by atoms with Crippen LogP contribution in [0.2, 0.25) is 10.0 Å². The van der Waals surface area contributed by atoms with Crippen LogP contribution in [0.25, 0.3) is 0 Å². The van der Waals surface area contributed by atoms with Crippen LogP contribution in [0.1, 0.15) is 32.6 Å². The van der Waals surface area contributed by atoms with E-state index in [2.05, 4.69) is 4.90 Å². The number of hydrogen-bond acceptors (Lipinski definition) is 6. The standard InChI is InChI=1S/C26H32Cl2N2O6/c1-18(14-26(33)34)13-25(32)30(19-5-3-2-4-6-19)35-17-20(31)16-29-11-9-21(10-12-29)36-22-7-8-23(27)24(28)15-22/h2-8,15,18,20-21,31H,9-14,16-17H2,1H3,(H,33,34). The highest BCUT2D eigenvalue weighted by Crippen LogP contribution is 2.28. The van der Waals surface area contributed by atoms with Gasteiger partial charge in [0.15, 0.2) is 0 Å². The van der Waals surface area contributed by atoms with Crippen LogP contribution in [0.5, 0.6) is 5.75 Å². The van der Waals surface area contributed by atoms with Crippen LogP contribution >= 0.6 is 23.2 Å². The number of carbonyl (C=O) groups excluding carboxylic acids is 1. The zero-order valence-electron chi connectivity index (χ0n) is 20.2. The SMILES string of the molecule is CC(CC(=O)O)CC(=O)N(OCC(O)CN1CCC(Oc2ccc(Cl)c(Cl)c2)CC1)c1ccccc1. The largest absolute Gasteiger partial charge is 0.490 e. The number of aliphatic carboxylic acids is 1. The predicted molar refractivity (Wildman–Crippen MR) is 138 cm³/mol. The summed E-state index contributed by atoms with van der Waals surface area (Å²) in [6.45, 7) is 3.52. The number of carbonyl (C=O) groups is 2. The molecule has 0 saturated carbocycles. The van der Waals surface area contributed by atoms with Crippen LogP contribution in [0.4, 0.5) is 5.69 Å². The van der Waals surface area contributed by atoms with Crippen molar-refractivity contribution in [1.82, 2.24) is 4.90 Å². The van der Waals surface area contributed by atoms with Gasteiger partial charge in [0.2, 0.25) is 0 Å². The number of benzene rings is 2. The number of nitrogens with zero attached hydrogens (tertiary/aromatic N) is 2. The average Bonchev–Trinajstić information content (AvgIpc) is 2.83. The van der Waals surface area contributed by atoms with Crippen molar-refractivity contribution in [2.75, 3.05) is 31.3 Å². The van der Waals surface area contributed by atoms with Gasteiger partial charge < -0.3 is 19.8 Å². The number of carboxylic acid groups (broad SMARTS) is 1. The van der Waals surface area contributed by atoms with Crippen molar-refractivity contribution in [2.24, 2.45) is 5.92 Å². The monoisotopic (exact) mass is 538 g/mol. The summed E-state index contributed by atoms with van der Waals surface area (Å²) in [5.41, 5.74) is 0.525. The smallest absolute Gasteiger partial charge is 0.303 e. The Bertz CT molecular complexity index is 1000. The van der Waals surface area contributed by atoms with Gasteiger partial charge in [-0.1, -0.05) is 48.3 Å². The van der Waals surface area contributed by atoms with Crippen LogP contribution in [-0.4, -0.2) is 65.4 Å². The number of halogens is 2. The van der Waals surface area contributed by atoms with Gasteiger partial charge in [0.05, 0.1) is 21.8 Å². The first-order valence-corrected chi connectivity index (χ1v) is 12.7. The lowest BCUT2D eigenvalue weighted by Crippen LogP contribution is -2.44. The molecular weight excluding hydrogens is 507 g/mol. The van der Waals surface area contributed by atoms with E-state index < -0.39 is 12.1 Å². The van der Waals surface area contributed by atoms with E-state index in [1.54, 1.807) is 49.4 Å². The van der Waals surface area contributed by atoms with E-state index in [1.807, 2.05) is 6.07 Å². The molecule has 2 N–H and O–H groups in total. The van der Waals surface area contributed by atoms with E-state index in [1.165, 1.54) is 0 Å². The molecule has 1 saturated heterocycles. The molecule has 1 aliphatic rings. The number of β-amino-alcohol motifs (C(OH)–C–C–N with tert-alkyl or cyclic N) is 1. The normalized spacial score (nSPS) is 16.3. The molecule has 8 nitrogen and oxygen atoms in total. The highest BCUT2D eigenvalue weighted by molar-refractivity contribution is 6.42. The Morgan fingerprint density at radius 2 is 1.78 bits per heavy atom. The molecule has 3 rings (SSSR count). The molecule has 1 heterocycles. The van der Waals surface area contributed by atoms with Crippen molar-refractivity contribution < 1.29 is 29.4 Å². The molecule has 0 aliphatic carbocycles. The summed E-state index contributed by atoms with van der Waals surface area (Å²) in [6.07, 6.45) is 0.734. The minimum atomic E-state index is -0.955. The summed E-state index contributed by atoms with van der Waals surface area (Å²) in [6, 6.07) is 14.0. The zero-order chi connectivity index (χ0) is 26.1. The molecule has 1 fully saturated rings. The van der Waals surface area contributed by atoms with Crippen molar-refractivity contribution in [3.8, 4) is 5.75 Å². The van der Waals surface area contributed by atoms with E-state index >= 15 is 0 Å². The number of para-hydroxylation sites is 1. The second kappa shape index (κ2) is 13.8. The first-order valence-electron chi connectivity index (χ1n) is 12.0. The molecular formula is C26H32Cl2N2O6. The molecule has 10 heteroatoms. The number of ether oxygens (including phenoxy) is 1. The summed E-state index contributed by atoms with van der Waals surface area (Å²) < 4.78 is 6.02. The predicted octanol–water partition coefficient (Wildman–Crippen LogP) is 4.66. The second-order valence-corrected chi connectivity index (χ2v) is 9.89. The van der Waals surface area contributed by atoms with Crippen molar-refractivity contribution in [3.05, 3.63) is 58.6 Å². The number of rotatable bonds is 12. The van der Waals surface area contributed by atoms with E-state index in [0.717, 1.165) is 31.0 Å². The third kappa shape index (κ3) is 8.94. The lowest BCUT2D eigenvalue weighted by molar-refractivity contribution is -0.138. The summed E-state index contributed by atoms with van der Waals surface area (Å²) in [5.74, 6) is -0.978. The van der Waals surface area contributed by atoms with E-state index in [0.29, 0.717) is 28.0 Å². The summed E-state index contributed by atoms with van der Waals surface area (Å²) in [5, 5.41) is 21.7. The highest BCUT2D eigenvalue weighted by atomic mass is 35.5. The third-order valence-electron chi connectivity index (χ3n) is 5.86. The number of hydroxylamine groups is 1. The molecule has 196 valence electrons. The van der Waals surface area contributed by atoms with Gasteiger partial charge in [-0.05, 0) is 43.0 Å². The van der Waals surface area contributed by atoms with Crippen molar-refractivity contribution in [3.63, 3.8) is 0 Å². The lowest BCUT2D eigenvalue weighted by atomic mass is 10.0. The van der Waals surface area contributed by atoms with Crippen molar-refractivity contribution >= 4 is 40.8 Å². The van der Waals surface area contributed by atoms with Gasteiger partial charge in [-0.3, -0.25) is 14.4 Å². The first-order chi connectivity index (χ1) is 17.2. The maximum Gasteiger partial charge on any atom is 0.303 e. The van der Waals surface area contributed by atoms with Crippen LogP contribution in [0, 0.1) is 5.92 Å². The second-order valence-electron chi connectivity index (χ2n) is 9.07. The number of aliphatic hydroxyl groups excluding tert-OH is 1. The van der Waals surface area contributed by atoms with Gasteiger partial charge >= 0.3 is 5.97 Å². The van der Waals surface area contributed by atoms with Crippen LogP contribution < -0.4 is 9.80 Å². The fourth-order valence-corrected chi connectivity index (χ4v) is 4.36. The minimum Gasteiger partial charge on any atom is -0.490 e. The number of piperidine rings is 1. The van der Waals surface area contributed by atoms with Crippen molar-refractivity contribution in [2.45, 2.75) is 44.8 Å². The van der Waals surface area contributed by atoms with Gasteiger partial charge in [0.25, 0.3) is 5.91 Å². The third-order valence-corrected chi connectivity index (χ3v) is 6.60. The molecule has 1 aliphatic heterocycles. The molecule has 0 radical (unpaired) electrons. The van der Waals surface area contributed by atoms with Gasteiger partial charge in [-0.25, -0.2) is 0 Å². The topological polar surface area (TPSA) is 99.5 Å². The molecule has 0 spiro atoms. The fourth-order valence-electron chi connectivity index (χ4n) is 4.07. The average molecular weight is 539 g/mol. The number of aliphatic hydroxyl groups is 1. The highest BCUT2D eigenvalue weighted by Gasteiger charge is 2.25. The first kappa shape index (κ1) is 28.2. The molecule has 0 aromatic heterocycles. The molecule has 1 amide bonds. The maximum atomic E-state index is 12.9. The van der Waals surface area contributed by atoms with Gasteiger partial charge in [0.1, 0.15) is 18.5 Å². The van der Waals surface area contributed by atoms with Gasteiger partial charge in [0, 0.05) is 38.5 Å². The molecule has 2 unspecified atom stereocenters. The fraction of sp³-hybridized carbons (Fsp3) is 0.462.